The molecule has 1 aliphatic heterocycles. The summed E-state index contributed by atoms with van der Waals surface area (Å²) < 4.78 is 19.6. The van der Waals surface area contributed by atoms with Crippen molar-refractivity contribution in [3.63, 3.8) is 0 Å². The summed E-state index contributed by atoms with van der Waals surface area (Å²) in [6.45, 7) is 4.56. The summed E-state index contributed by atoms with van der Waals surface area (Å²) in [5, 5.41) is 0. The lowest BCUT2D eigenvalue weighted by molar-refractivity contribution is -0.0520. The van der Waals surface area contributed by atoms with Crippen molar-refractivity contribution in [1.29, 1.82) is 0 Å². The Hall–Kier alpha value is -1.09. The first kappa shape index (κ1) is 12.9. The van der Waals surface area contributed by atoms with Gasteiger partial charge in [0.2, 0.25) is 0 Å². The fourth-order valence-electron chi connectivity index (χ4n) is 3.77. The molecule has 1 fully saturated rings. The maximum absolute atomic E-state index is 13.3. The lowest BCUT2D eigenvalue weighted by Gasteiger charge is -2.49. The normalized spacial score (nSPS) is 37.8. The molecule has 0 aromatic heterocycles. The second kappa shape index (κ2) is 4.48. The molecule has 3 rings (SSSR count). The van der Waals surface area contributed by atoms with E-state index < -0.39 is 0 Å². The predicted molar refractivity (Wildman–Crippen MR) is 73.5 cm³/mol. The summed E-state index contributed by atoms with van der Waals surface area (Å²) in [5.74, 6) is 1.80. The molecule has 0 amide bonds. The summed E-state index contributed by atoms with van der Waals surface area (Å²) in [6, 6.07) is 4.59. The molecule has 2 nitrogen and oxygen atoms in total. The first-order chi connectivity index (χ1) is 9.00. The van der Waals surface area contributed by atoms with Gasteiger partial charge < -0.3 is 10.5 Å². The van der Waals surface area contributed by atoms with Crippen molar-refractivity contribution in [3.05, 3.63) is 29.6 Å². The van der Waals surface area contributed by atoms with E-state index in [0.717, 1.165) is 30.1 Å². The smallest absolute Gasteiger partial charge is 0.125 e. The molecule has 2 aliphatic rings. The van der Waals surface area contributed by atoms with Gasteiger partial charge in [-0.2, -0.15) is 0 Å². The van der Waals surface area contributed by atoms with E-state index in [1.54, 1.807) is 6.07 Å². The van der Waals surface area contributed by atoms with Gasteiger partial charge in [-0.25, -0.2) is 4.39 Å². The molecule has 0 radical (unpaired) electrons. The quantitative estimate of drug-likeness (QED) is 0.772. The minimum Gasteiger partial charge on any atom is -0.487 e. The number of halogens is 1. The number of hydrogen-bond donors (Lipinski definition) is 1. The second-order valence-electron chi connectivity index (χ2n) is 6.44. The van der Waals surface area contributed by atoms with Crippen LogP contribution in [0.4, 0.5) is 4.39 Å². The Morgan fingerprint density at radius 3 is 2.89 bits per heavy atom. The Bertz CT molecular complexity index is 490. The first-order valence-electron chi connectivity index (χ1n) is 7.24. The van der Waals surface area contributed by atoms with E-state index >= 15 is 0 Å². The van der Waals surface area contributed by atoms with Gasteiger partial charge in [0.05, 0.1) is 0 Å². The molecule has 3 unspecified atom stereocenters. The first-order valence-corrected chi connectivity index (χ1v) is 7.24. The van der Waals surface area contributed by atoms with Crippen LogP contribution in [0.1, 0.15) is 51.1 Å². The zero-order valence-corrected chi connectivity index (χ0v) is 11.7. The molecule has 1 aliphatic carbocycles. The van der Waals surface area contributed by atoms with Crippen molar-refractivity contribution in [1.82, 2.24) is 0 Å². The molecular weight excluding hydrogens is 241 g/mol. The molecule has 1 aromatic carbocycles. The molecule has 1 heterocycles. The highest BCUT2D eigenvalue weighted by molar-refractivity contribution is 5.39. The number of fused-ring (bicyclic) bond motifs is 1. The van der Waals surface area contributed by atoms with Crippen molar-refractivity contribution in [2.75, 3.05) is 0 Å². The van der Waals surface area contributed by atoms with Crippen LogP contribution in [0.5, 0.6) is 5.75 Å². The van der Waals surface area contributed by atoms with Crippen LogP contribution in [-0.2, 0) is 0 Å². The number of ether oxygens (including phenoxy) is 1. The molecule has 0 saturated heterocycles. The van der Waals surface area contributed by atoms with Gasteiger partial charge in [-0.05, 0) is 49.3 Å². The Kier molecular flexibility index (Phi) is 3.05. The van der Waals surface area contributed by atoms with Gasteiger partial charge >= 0.3 is 0 Å². The van der Waals surface area contributed by atoms with Gasteiger partial charge in [-0.1, -0.05) is 13.8 Å². The van der Waals surface area contributed by atoms with Gasteiger partial charge in [-0.15, -0.1) is 0 Å². The summed E-state index contributed by atoms with van der Waals surface area (Å²) in [5.41, 5.74) is 6.95. The molecule has 3 heteroatoms. The van der Waals surface area contributed by atoms with Crippen molar-refractivity contribution in [2.45, 2.75) is 51.2 Å². The summed E-state index contributed by atoms with van der Waals surface area (Å²) >= 11 is 0. The largest absolute Gasteiger partial charge is 0.487 e. The predicted octanol–water partition coefficient (Wildman–Crippen LogP) is 3.80. The van der Waals surface area contributed by atoms with Crippen LogP contribution in [0.15, 0.2) is 18.2 Å². The molecule has 1 aromatic rings. The van der Waals surface area contributed by atoms with E-state index in [4.69, 9.17) is 10.5 Å². The highest BCUT2D eigenvalue weighted by atomic mass is 19.1. The lowest BCUT2D eigenvalue weighted by Crippen LogP contribution is -2.50. The van der Waals surface area contributed by atoms with E-state index in [2.05, 4.69) is 13.8 Å². The van der Waals surface area contributed by atoms with Crippen LogP contribution < -0.4 is 10.5 Å². The zero-order valence-electron chi connectivity index (χ0n) is 11.7. The van der Waals surface area contributed by atoms with Gasteiger partial charge in [0.1, 0.15) is 17.2 Å². The van der Waals surface area contributed by atoms with Crippen LogP contribution in [0.3, 0.4) is 0 Å². The fraction of sp³-hybridized carbons (Fsp3) is 0.625. The van der Waals surface area contributed by atoms with E-state index in [-0.39, 0.29) is 17.5 Å². The van der Waals surface area contributed by atoms with Crippen LogP contribution in [-0.4, -0.2) is 5.60 Å². The molecule has 1 saturated carbocycles. The SMILES string of the molecule is CC1CCC2(C[C@@H](N)c3cc(F)ccc3O2)C(C)C1. The van der Waals surface area contributed by atoms with Crippen molar-refractivity contribution in [3.8, 4) is 5.75 Å². The van der Waals surface area contributed by atoms with Gasteiger partial charge in [0, 0.05) is 18.0 Å². The van der Waals surface area contributed by atoms with Crippen molar-refractivity contribution in [2.24, 2.45) is 17.6 Å². The third-order valence-electron chi connectivity index (χ3n) is 4.96. The highest BCUT2D eigenvalue weighted by Gasteiger charge is 2.46. The molecule has 0 bridgehead atoms. The minimum absolute atomic E-state index is 0.115. The Morgan fingerprint density at radius 2 is 2.16 bits per heavy atom. The van der Waals surface area contributed by atoms with Crippen LogP contribution in [0.25, 0.3) is 0 Å². The molecule has 2 N–H and O–H groups in total. The highest BCUT2D eigenvalue weighted by Crippen LogP contribution is 2.49. The summed E-state index contributed by atoms with van der Waals surface area (Å²) in [4.78, 5) is 0. The number of nitrogens with two attached hydrogens (primary N) is 1. The van der Waals surface area contributed by atoms with Crippen LogP contribution in [0.2, 0.25) is 0 Å². The maximum Gasteiger partial charge on any atom is 0.125 e. The lowest BCUT2D eigenvalue weighted by atomic mass is 9.68. The Balaban J connectivity index is 1.94. The van der Waals surface area contributed by atoms with Crippen molar-refractivity contribution >= 4 is 0 Å². The van der Waals surface area contributed by atoms with Gasteiger partial charge in [-0.3, -0.25) is 0 Å². The fourth-order valence-corrected chi connectivity index (χ4v) is 3.77. The van der Waals surface area contributed by atoms with Gasteiger partial charge in [0.25, 0.3) is 0 Å². The van der Waals surface area contributed by atoms with Crippen LogP contribution >= 0.6 is 0 Å². The van der Waals surface area contributed by atoms with Gasteiger partial charge in [0.15, 0.2) is 0 Å². The maximum atomic E-state index is 13.3. The summed E-state index contributed by atoms with van der Waals surface area (Å²) in [6.07, 6.45) is 4.23. The molecule has 104 valence electrons. The standard InChI is InChI=1S/C16H22FNO/c1-10-5-6-16(11(2)7-10)9-14(18)13-8-12(17)3-4-15(13)19-16/h3-4,8,10-11,14H,5-7,9,18H2,1-2H3/t10?,11?,14-,16?/m1/s1. The van der Waals surface area contributed by atoms with E-state index in [9.17, 15) is 4.39 Å². The molecule has 1 spiro atoms. The third-order valence-corrected chi connectivity index (χ3v) is 4.96. The van der Waals surface area contributed by atoms with Crippen molar-refractivity contribution < 1.29 is 9.13 Å². The van der Waals surface area contributed by atoms with E-state index in [0.29, 0.717) is 5.92 Å². The second-order valence-corrected chi connectivity index (χ2v) is 6.44. The molecule has 19 heavy (non-hydrogen) atoms. The minimum atomic E-state index is -0.237. The summed E-state index contributed by atoms with van der Waals surface area (Å²) in [7, 11) is 0. The average molecular weight is 263 g/mol. The number of benzene rings is 1. The third kappa shape index (κ3) is 2.14. The average Bonchev–Trinajstić information content (AvgIpc) is 2.36. The molecule has 4 atom stereocenters. The van der Waals surface area contributed by atoms with E-state index in [1.165, 1.54) is 25.0 Å². The van der Waals surface area contributed by atoms with E-state index in [1.807, 2.05) is 0 Å². The topological polar surface area (TPSA) is 35.2 Å². The number of rotatable bonds is 0. The number of hydrogen-bond acceptors (Lipinski definition) is 2. The zero-order chi connectivity index (χ0) is 13.6. The Morgan fingerprint density at radius 1 is 1.37 bits per heavy atom. The molecular formula is C16H22FNO. The Labute approximate surface area is 114 Å². The monoisotopic (exact) mass is 263 g/mol. The van der Waals surface area contributed by atoms with Crippen LogP contribution in [0, 0.1) is 17.7 Å².